The lowest BCUT2D eigenvalue weighted by molar-refractivity contribution is 0.0818. The summed E-state index contributed by atoms with van der Waals surface area (Å²) < 4.78 is 0. The van der Waals surface area contributed by atoms with Crippen molar-refractivity contribution < 1.29 is 9.90 Å². The van der Waals surface area contributed by atoms with E-state index in [4.69, 9.17) is 0 Å². The van der Waals surface area contributed by atoms with Gasteiger partial charge in [-0.1, -0.05) is 6.92 Å². The summed E-state index contributed by atoms with van der Waals surface area (Å²) in [7, 11) is 3.36. The third-order valence-electron chi connectivity index (χ3n) is 2.18. The molecule has 0 aliphatic heterocycles. The summed E-state index contributed by atoms with van der Waals surface area (Å²) in [6.07, 6.45) is 1.45. The van der Waals surface area contributed by atoms with Crippen LogP contribution in [0.2, 0.25) is 0 Å². The zero-order valence-electron chi connectivity index (χ0n) is 9.27. The van der Waals surface area contributed by atoms with E-state index in [0.717, 1.165) is 0 Å². The number of nitrogens with zero attached hydrogens (tertiary/aromatic N) is 2. The van der Waals surface area contributed by atoms with E-state index in [1.54, 1.807) is 32.4 Å². The maximum Gasteiger partial charge on any atom is 0.255 e. The highest BCUT2D eigenvalue weighted by Crippen LogP contribution is 2.18. The first-order valence-corrected chi connectivity index (χ1v) is 4.92. The van der Waals surface area contributed by atoms with Gasteiger partial charge in [-0.2, -0.15) is 0 Å². The van der Waals surface area contributed by atoms with Gasteiger partial charge in [0.05, 0.1) is 17.4 Å². The van der Waals surface area contributed by atoms with Gasteiger partial charge in [-0.05, 0) is 18.6 Å². The molecule has 1 N–H and O–H groups in total. The van der Waals surface area contributed by atoms with Gasteiger partial charge in [0.1, 0.15) is 0 Å². The molecule has 1 atom stereocenters. The number of pyridine rings is 1. The topological polar surface area (TPSA) is 53.4 Å². The van der Waals surface area contributed by atoms with E-state index >= 15 is 0 Å². The molecule has 0 aliphatic carbocycles. The first-order chi connectivity index (χ1) is 7.07. The first kappa shape index (κ1) is 11.7. The van der Waals surface area contributed by atoms with Crippen LogP contribution in [0.15, 0.2) is 18.3 Å². The van der Waals surface area contributed by atoms with Gasteiger partial charge in [0, 0.05) is 20.3 Å². The standard InChI is InChI=1S/C11H16N2O2/c1-4-9(14)10-8(6-5-7-12-10)11(15)13(2)3/h5-7,9,14H,4H2,1-3H3. The molecule has 0 saturated heterocycles. The number of carbonyl (C=O) groups is 1. The van der Waals surface area contributed by atoms with Crippen molar-refractivity contribution in [2.24, 2.45) is 0 Å². The van der Waals surface area contributed by atoms with Gasteiger partial charge >= 0.3 is 0 Å². The van der Waals surface area contributed by atoms with Crippen molar-refractivity contribution >= 4 is 5.91 Å². The van der Waals surface area contributed by atoms with E-state index < -0.39 is 6.10 Å². The lowest BCUT2D eigenvalue weighted by Crippen LogP contribution is -2.24. The fraction of sp³-hybridized carbons (Fsp3) is 0.455. The Morgan fingerprint density at radius 2 is 2.27 bits per heavy atom. The monoisotopic (exact) mass is 208 g/mol. The summed E-state index contributed by atoms with van der Waals surface area (Å²) in [5.41, 5.74) is 0.926. The van der Waals surface area contributed by atoms with E-state index in [1.165, 1.54) is 4.90 Å². The van der Waals surface area contributed by atoms with Gasteiger partial charge in [0.25, 0.3) is 5.91 Å². The van der Waals surface area contributed by atoms with Crippen molar-refractivity contribution in [1.82, 2.24) is 9.88 Å². The van der Waals surface area contributed by atoms with Crippen LogP contribution in [-0.4, -0.2) is 35.0 Å². The molecule has 1 rings (SSSR count). The summed E-state index contributed by atoms with van der Waals surface area (Å²) in [6.45, 7) is 1.85. The predicted molar refractivity (Wildman–Crippen MR) is 57.5 cm³/mol. The maximum atomic E-state index is 11.8. The normalized spacial score (nSPS) is 12.3. The fourth-order valence-corrected chi connectivity index (χ4v) is 1.30. The number of aliphatic hydroxyl groups excluding tert-OH is 1. The Hall–Kier alpha value is -1.42. The van der Waals surface area contributed by atoms with Gasteiger partial charge < -0.3 is 10.0 Å². The van der Waals surface area contributed by atoms with Crippen LogP contribution in [-0.2, 0) is 0 Å². The molecule has 1 aromatic heterocycles. The van der Waals surface area contributed by atoms with Crippen LogP contribution in [0.3, 0.4) is 0 Å². The van der Waals surface area contributed by atoms with E-state index in [0.29, 0.717) is 17.7 Å². The zero-order valence-corrected chi connectivity index (χ0v) is 9.27. The Morgan fingerprint density at radius 3 is 2.80 bits per heavy atom. The highest BCUT2D eigenvalue weighted by atomic mass is 16.3. The fourth-order valence-electron chi connectivity index (χ4n) is 1.30. The van der Waals surface area contributed by atoms with Crippen LogP contribution in [0.25, 0.3) is 0 Å². The lowest BCUT2D eigenvalue weighted by Gasteiger charge is -2.15. The smallest absolute Gasteiger partial charge is 0.255 e. The van der Waals surface area contributed by atoms with Crippen LogP contribution in [0.4, 0.5) is 0 Å². The van der Waals surface area contributed by atoms with E-state index in [2.05, 4.69) is 4.98 Å². The minimum Gasteiger partial charge on any atom is -0.387 e. The Kier molecular flexibility index (Phi) is 3.80. The predicted octanol–water partition coefficient (Wildman–Crippen LogP) is 1.23. The molecule has 1 heterocycles. The second-order valence-corrected chi connectivity index (χ2v) is 3.56. The number of hydrogen-bond donors (Lipinski definition) is 1. The van der Waals surface area contributed by atoms with E-state index in [9.17, 15) is 9.90 Å². The highest BCUT2D eigenvalue weighted by Gasteiger charge is 2.18. The molecule has 82 valence electrons. The summed E-state index contributed by atoms with van der Waals surface area (Å²) >= 11 is 0. The highest BCUT2D eigenvalue weighted by molar-refractivity contribution is 5.95. The van der Waals surface area contributed by atoms with Gasteiger partial charge in [0.15, 0.2) is 0 Å². The van der Waals surface area contributed by atoms with Crippen LogP contribution in [0.5, 0.6) is 0 Å². The molecule has 0 aromatic carbocycles. The van der Waals surface area contributed by atoms with Gasteiger partial charge in [0.2, 0.25) is 0 Å². The molecule has 0 spiro atoms. The summed E-state index contributed by atoms with van der Waals surface area (Å²) in [5, 5.41) is 9.71. The SMILES string of the molecule is CCC(O)c1ncccc1C(=O)N(C)C. The molecular weight excluding hydrogens is 192 g/mol. The van der Waals surface area contributed by atoms with Gasteiger partial charge in [-0.3, -0.25) is 9.78 Å². The first-order valence-electron chi connectivity index (χ1n) is 4.92. The molecule has 0 bridgehead atoms. The van der Waals surface area contributed by atoms with E-state index in [1.807, 2.05) is 6.92 Å². The number of carbonyl (C=O) groups excluding carboxylic acids is 1. The van der Waals surface area contributed by atoms with Crippen molar-refractivity contribution in [3.63, 3.8) is 0 Å². The zero-order chi connectivity index (χ0) is 11.4. The Labute approximate surface area is 89.6 Å². The van der Waals surface area contributed by atoms with Crippen molar-refractivity contribution in [3.05, 3.63) is 29.6 Å². The Bertz CT molecular complexity index is 350. The minimum atomic E-state index is -0.676. The minimum absolute atomic E-state index is 0.134. The van der Waals surface area contributed by atoms with Crippen LogP contribution < -0.4 is 0 Å². The van der Waals surface area contributed by atoms with Crippen LogP contribution in [0, 0.1) is 0 Å². The largest absolute Gasteiger partial charge is 0.387 e. The summed E-state index contributed by atoms with van der Waals surface area (Å²) in [4.78, 5) is 17.3. The molecule has 0 radical (unpaired) electrons. The molecule has 1 aromatic rings. The average Bonchev–Trinajstić information content (AvgIpc) is 2.27. The van der Waals surface area contributed by atoms with Gasteiger partial charge in [-0.25, -0.2) is 0 Å². The third-order valence-corrected chi connectivity index (χ3v) is 2.18. The summed E-state index contributed by atoms with van der Waals surface area (Å²) in [6, 6.07) is 3.38. The Morgan fingerprint density at radius 1 is 1.60 bits per heavy atom. The maximum absolute atomic E-state index is 11.8. The van der Waals surface area contributed by atoms with Gasteiger partial charge in [-0.15, -0.1) is 0 Å². The molecule has 4 nitrogen and oxygen atoms in total. The number of amides is 1. The van der Waals surface area contributed by atoms with Crippen LogP contribution in [0.1, 0.15) is 35.5 Å². The van der Waals surface area contributed by atoms with Crippen molar-refractivity contribution in [2.45, 2.75) is 19.4 Å². The molecule has 15 heavy (non-hydrogen) atoms. The molecule has 0 fully saturated rings. The third kappa shape index (κ3) is 2.53. The number of rotatable bonds is 3. The quantitative estimate of drug-likeness (QED) is 0.812. The van der Waals surface area contributed by atoms with E-state index in [-0.39, 0.29) is 5.91 Å². The average molecular weight is 208 g/mol. The van der Waals surface area contributed by atoms with Crippen molar-refractivity contribution in [1.29, 1.82) is 0 Å². The Balaban J connectivity index is 3.12. The number of aromatic nitrogens is 1. The number of aliphatic hydroxyl groups is 1. The van der Waals surface area contributed by atoms with Crippen molar-refractivity contribution in [3.8, 4) is 0 Å². The molecule has 0 saturated carbocycles. The second-order valence-electron chi connectivity index (χ2n) is 3.56. The molecule has 1 amide bonds. The summed E-state index contributed by atoms with van der Waals surface area (Å²) in [5.74, 6) is -0.134. The lowest BCUT2D eigenvalue weighted by atomic mass is 10.1. The molecule has 4 heteroatoms. The molecular formula is C11H16N2O2. The van der Waals surface area contributed by atoms with Crippen molar-refractivity contribution in [2.75, 3.05) is 14.1 Å². The second kappa shape index (κ2) is 4.89. The molecule has 0 aliphatic rings. The molecule has 1 unspecified atom stereocenters. The van der Waals surface area contributed by atoms with Crippen LogP contribution >= 0.6 is 0 Å². The number of hydrogen-bond acceptors (Lipinski definition) is 3.